The Morgan fingerprint density at radius 2 is 2.03 bits per heavy atom. The first-order valence-corrected chi connectivity index (χ1v) is 10.8. The molecule has 6 heteroatoms. The van der Waals surface area contributed by atoms with Gasteiger partial charge < -0.3 is 15.4 Å². The smallest absolute Gasteiger partial charge is 0.191 e. The second-order valence-electron chi connectivity index (χ2n) is 7.04. The molecule has 150 valence electrons. The summed E-state index contributed by atoms with van der Waals surface area (Å²) in [5.74, 6) is 1.84. The van der Waals surface area contributed by atoms with Crippen molar-refractivity contribution in [2.75, 3.05) is 20.2 Å². The summed E-state index contributed by atoms with van der Waals surface area (Å²) in [4.78, 5) is 10.3. The molecule has 0 amide bonds. The third-order valence-corrected chi connectivity index (χ3v) is 6.22. The Labute approximate surface area is 175 Å². The van der Waals surface area contributed by atoms with E-state index in [2.05, 4.69) is 52.9 Å². The molecule has 1 aromatic heterocycles. The first kappa shape index (κ1) is 19.5. The van der Waals surface area contributed by atoms with Crippen LogP contribution in [-0.4, -0.2) is 31.1 Å². The summed E-state index contributed by atoms with van der Waals surface area (Å²) in [5.41, 5.74) is 4.87. The number of aromatic nitrogens is 1. The lowest BCUT2D eigenvalue weighted by Gasteiger charge is -2.12. The highest BCUT2D eigenvalue weighted by Gasteiger charge is 2.12. The molecule has 29 heavy (non-hydrogen) atoms. The van der Waals surface area contributed by atoms with Crippen LogP contribution in [0.5, 0.6) is 5.75 Å². The molecule has 0 spiro atoms. The quantitative estimate of drug-likeness (QED) is 0.481. The van der Waals surface area contributed by atoms with Gasteiger partial charge in [0.25, 0.3) is 0 Å². The molecule has 0 unspecified atom stereocenters. The van der Waals surface area contributed by atoms with E-state index in [1.807, 2.05) is 18.2 Å². The van der Waals surface area contributed by atoms with E-state index in [0.717, 1.165) is 54.0 Å². The predicted molar refractivity (Wildman–Crippen MR) is 120 cm³/mol. The Balaban J connectivity index is 1.29. The van der Waals surface area contributed by atoms with Crippen molar-refractivity contribution in [3.8, 4) is 16.3 Å². The van der Waals surface area contributed by atoms with E-state index in [9.17, 15) is 0 Å². The fourth-order valence-electron chi connectivity index (χ4n) is 3.40. The monoisotopic (exact) mass is 406 g/mol. The molecular weight excluding hydrogens is 380 g/mol. The van der Waals surface area contributed by atoms with Gasteiger partial charge >= 0.3 is 0 Å². The average molecular weight is 407 g/mol. The van der Waals surface area contributed by atoms with E-state index >= 15 is 0 Å². The van der Waals surface area contributed by atoms with Crippen LogP contribution in [0.3, 0.4) is 0 Å². The number of rotatable bonds is 6. The third-order valence-electron chi connectivity index (χ3n) is 5.01. The van der Waals surface area contributed by atoms with Gasteiger partial charge in [-0.2, -0.15) is 0 Å². The topological polar surface area (TPSA) is 58.5 Å². The highest BCUT2D eigenvalue weighted by Crippen LogP contribution is 2.28. The summed E-state index contributed by atoms with van der Waals surface area (Å²) >= 11 is 1.73. The second kappa shape index (κ2) is 9.09. The Kier molecular flexibility index (Phi) is 6.10. The predicted octanol–water partition coefficient (Wildman–Crippen LogP) is 3.96. The van der Waals surface area contributed by atoms with Crippen LogP contribution in [0.25, 0.3) is 10.6 Å². The van der Waals surface area contributed by atoms with Crippen molar-refractivity contribution in [3.05, 3.63) is 70.2 Å². The molecule has 2 heterocycles. The van der Waals surface area contributed by atoms with E-state index in [0.29, 0.717) is 6.54 Å². The Hall–Kier alpha value is -2.86. The summed E-state index contributed by atoms with van der Waals surface area (Å²) in [6, 6.07) is 16.8. The van der Waals surface area contributed by atoms with Gasteiger partial charge in [-0.1, -0.05) is 42.5 Å². The standard InChI is InChI=1S/C23H26N4OS/c1-16-21(29-22(27-16)18-6-4-3-5-7-18)15-26-23(24-2)25-12-10-17-8-9-20-19(14-17)11-13-28-20/h3-9,14H,10-13,15H2,1-2H3,(H2,24,25,26). The first-order chi connectivity index (χ1) is 14.2. The molecule has 1 aliphatic heterocycles. The van der Waals surface area contributed by atoms with Gasteiger partial charge in [0.2, 0.25) is 0 Å². The zero-order valence-corrected chi connectivity index (χ0v) is 17.7. The van der Waals surface area contributed by atoms with E-state index in [1.165, 1.54) is 16.0 Å². The lowest BCUT2D eigenvalue weighted by atomic mass is 10.1. The van der Waals surface area contributed by atoms with Crippen molar-refractivity contribution in [1.29, 1.82) is 0 Å². The molecule has 2 aromatic carbocycles. The van der Waals surface area contributed by atoms with E-state index < -0.39 is 0 Å². The van der Waals surface area contributed by atoms with E-state index in [4.69, 9.17) is 9.72 Å². The van der Waals surface area contributed by atoms with Crippen molar-refractivity contribution in [1.82, 2.24) is 15.6 Å². The normalized spacial score (nSPS) is 13.1. The van der Waals surface area contributed by atoms with Crippen LogP contribution in [0.15, 0.2) is 53.5 Å². The zero-order valence-electron chi connectivity index (χ0n) is 16.9. The number of aliphatic imine (C=N–C) groups is 1. The fraction of sp³-hybridized carbons (Fsp3) is 0.304. The lowest BCUT2D eigenvalue weighted by molar-refractivity contribution is 0.357. The highest BCUT2D eigenvalue weighted by molar-refractivity contribution is 7.15. The van der Waals surface area contributed by atoms with Gasteiger partial charge in [-0.05, 0) is 30.5 Å². The number of hydrogen-bond acceptors (Lipinski definition) is 4. The van der Waals surface area contributed by atoms with Crippen LogP contribution in [0.2, 0.25) is 0 Å². The van der Waals surface area contributed by atoms with Crippen LogP contribution in [0.1, 0.15) is 21.7 Å². The summed E-state index contributed by atoms with van der Waals surface area (Å²) in [5, 5.41) is 7.87. The minimum absolute atomic E-state index is 0.714. The number of aryl methyl sites for hydroxylation is 1. The van der Waals surface area contributed by atoms with Crippen LogP contribution in [0.4, 0.5) is 0 Å². The summed E-state index contributed by atoms with van der Waals surface area (Å²) in [6.45, 7) is 4.41. The molecular formula is C23H26N4OS. The molecule has 1 aliphatic rings. The Bertz CT molecular complexity index is 997. The molecule has 0 fully saturated rings. The molecule has 3 aromatic rings. The maximum atomic E-state index is 5.58. The maximum Gasteiger partial charge on any atom is 0.191 e. The SMILES string of the molecule is CN=C(NCCc1ccc2c(c1)CCO2)NCc1sc(-c2ccccc2)nc1C. The van der Waals surface area contributed by atoms with Crippen LogP contribution in [-0.2, 0) is 19.4 Å². The molecule has 0 bridgehead atoms. The number of ether oxygens (including phenoxy) is 1. The van der Waals surface area contributed by atoms with E-state index in [-0.39, 0.29) is 0 Å². The number of hydrogen-bond donors (Lipinski definition) is 2. The third kappa shape index (κ3) is 4.77. The molecule has 0 saturated heterocycles. The zero-order chi connectivity index (χ0) is 20.1. The van der Waals surface area contributed by atoms with Crippen LogP contribution >= 0.6 is 11.3 Å². The lowest BCUT2D eigenvalue weighted by Crippen LogP contribution is -2.37. The van der Waals surface area contributed by atoms with Gasteiger partial charge in [0.05, 0.1) is 18.8 Å². The van der Waals surface area contributed by atoms with Crippen LogP contribution < -0.4 is 15.4 Å². The minimum atomic E-state index is 0.714. The molecule has 5 nitrogen and oxygen atoms in total. The largest absolute Gasteiger partial charge is 0.493 e. The molecule has 0 atom stereocenters. The number of nitrogens with one attached hydrogen (secondary N) is 2. The van der Waals surface area contributed by atoms with Crippen molar-refractivity contribution < 1.29 is 4.74 Å². The van der Waals surface area contributed by atoms with Gasteiger partial charge in [-0.15, -0.1) is 11.3 Å². The molecule has 4 rings (SSSR count). The first-order valence-electron chi connectivity index (χ1n) is 9.94. The second-order valence-corrected chi connectivity index (χ2v) is 8.12. The summed E-state index contributed by atoms with van der Waals surface area (Å²) in [7, 11) is 1.80. The fourth-order valence-corrected chi connectivity index (χ4v) is 4.41. The van der Waals surface area contributed by atoms with Crippen molar-refractivity contribution in [2.24, 2.45) is 4.99 Å². The van der Waals surface area contributed by atoms with Gasteiger partial charge in [0.1, 0.15) is 10.8 Å². The average Bonchev–Trinajstić information content (AvgIpc) is 3.37. The van der Waals surface area contributed by atoms with Gasteiger partial charge in [-0.3, -0.25) is 4.99 Å². The maximum absolute atomic E-state index is 5.58. The van der Waals surface area contributed by atoms with Crippen molar-refractivity contribution in [2.45, 2.75) is 26.3 Å². The summed E-state index contributed by atoms with van der Waals surface area (Å²) < 4.78 is 5.58. The number of guanidine groups is 1. The van der Waals surface area contributed by atoms with Crippen molar-refractivity contribution >= 4 is 17.3 Å². The molecule has 0 saturated carbocycles. The number of thiazole rings is 1. The number of fused-ring (bicyclic) bond motifs is 1. The Morgan fingerprint density at radius 3 is 2.86 bits per heavy atom. The minimum Gasteiger partial charge on any atom is -0.493 e. The molecule has 0 radical (unpaired) electrons. The Morgan fingerprint density at radius 1 is 1.17 bits per heavy atom. The highest BCUT2D eigenvalue weighted by atomic mass is 32.1. The number of benzene rings is 2. The number of nitrogens with zero attached hydrogens (tertiary/aromatic N) is 2. The van der Waals surface area contributed by atoms with Crippen LogP contribution in [0, 0.1) is 6.92 Å². The molecule has 0 aliphatic carbocycles. The molecule has 2 N–H and O–H groups in total. The van der Waals surface area contributed by atoms with Crippen molar-refractivity contribution in [3.63, 3.8) is 0 Å². The summed E-state index contributed by atoms with van der Waals surface area (Å²) in [6.07, 6.45) is 1.96. The van der Waals surface area contributed by atoms with Gasteiger partial charge in [0.15, 0.2) is 5.96 Å². The van der Waals surface area contributed by atoms with Gasteiger partial charge in [0, 0.05) is 30.5 Å². The van der Waals surface area contributed by atoms with Gasteiger partial charge in [-0.25, -0.2) is 4.98 Å². The van der Waals surface area contributed by atoms with E-state index in [1.54, 1.807) is 18.4 Å².